The minimum atomic E-state index is 0.225. The Morgan fingerprint density at radius 3 is 2.67 bits per heavy atom. The third-order valence-electron chi connectivity index (χ3n) is 3.04. The predicted molar refractivity (Wildman–Crippen MR) is 86.9 cm³/mol. The van der Waals surface area contributed by atoms with Gasteiger partial charge in [0.05, 0.1) is 16.3 Å². The van der Waals surface area contributed by atoms with Crippen LogP contribution in [0.2, 0.25) is 0 Å². The number of pyridine rings is 1. The van der Waals surface area contributed by atoms with Crippen LogP contribution in [0, 0.1) is 18.3 Å². The maximum absolute atomic E-state index is 9.32. The Hall–Kier alpha value is -2.43. The summed E-state index contributed by atoms with van der Waals surface area (Å²) in [7, 11) is 0. The normalized spacial score (nSPS) is 10.5. The Labute approximate surface area is 129 Å². The fraction of sp³-hybridized carbons (Fsp3) is 0.0714. The van der Waals surface area contributed by atoms with Gasteiger partial charge < -0.3 is 11.5 Å². The van der Waals surface area contributed by atoms with Crippen LogP contribution in [0.3, 0.4) is 0 Å². The molecule has 0 aromatic carbocycles. The highest BCUT2D eigenvalue weighted by atomic mass is 32.1. The third-order valence-corrected chi connectivity index (χ3v) is 4.73. The van der Waals surface area contributed by atoms with E-state index in [1.807, 2.05) is 29.8 Å². The molecule has 0 aliphatic carbocycles. The molecule has 21 heavy (non-hydrogen) atoms. The number of nitrogen functional groups attached to an aromatic ring is 2. The molecule has 0 atom stereocenters. The van der Waals surface area contributed by atoms with Crippen molar-refractivity contribution in [1.82, 2.24) is 9.97 Å². The van der Waals surface area contributed by atoms with Gasteiger partial charge in [0.15, 0.2) is 5.13 Å². The Morgan fingerprint density at radius 1 is 1.29 bits per heavy atom. The standard InChI is InChI=1S/C14H11N5S2/c1-7-12(21-14(17)18-7)11-4-9(8-2-3-20-6-8)10(5-15)13(16)19-11/h2-4,6H,1H3,(H2,16,19)(H2,17,18). The van der Waals surface area contributed by atoms with Gasteiger partial charge in [-0.3, -0.25) is 0 Å². The largest absolute Gasteiger partial charge is 0.383 e. The van der Waals surface area contributed by atoms with Crippen LogP contribution in [0.1, 0.15) is 11.3 Å². The van der Waals surface area contributed by atoms with Crippen LogP contribution >= 0.6 is 22.7 Å². The van der Waals surface area contributed by atoms with Crippen LogP contribution in [-0.4, -0.2) is 9.97 Å². The Morgan fingerprint density at radius 2 is 2.10 bits per heavy atom. The molecule has 3 aromatic rings. The maximum Gasteiger partial charge on any atom is 0.180 e. The van der Waals surface area contributed by atoms with Crippen molar-refractivity contribution in [2.45, 2.75) is 6.92 Å². The zero-order chi connectivity index (χ0) is 15.0. The average Bonchev–Trinajstić information content (AvgIpc) is 3.07. The molecule has 0 fully saturated rings. The van der Waals surface area contributed by atoms with Gasteiger partial charge in [-0.05, 0) is 35.4 Å². The molecule has 7 heteroatoms. The van der Waals surface area contributed by atoms with Crippen molar-refractivity contribution in [3.63, 3.8) is 0 Å². The summed E-state index contributed by atoms with van der Waals surface area (Å²) in [5.41, 5.74) is 15.3. The first-order valence-corrected chi connectivity index (χ1v) is 7.82. The maximum atomic E-state index is 9.32. The fourth-order valence-corrected chi connectivity index (χ4v) is 3.55. The number of rotatable bonds is 2. The van der Waals surface area contributed by atoms with Crippen LogP contribution in [-0.2, 0) is 0 Å². The number of nitriles is 1. The van der Waals surface area contributed by atoms with Crippen molar-refractivity contribution in [2.24, 2.45) is 0 Å². The van der Waals surface area contributed by atoms with Crippen molar-refractivity contribution < 1.29 is 0 Å². The molecule has 3 aromatic heterocycles. The van der Waals surface area contributed by atoms with Gasteiger partial charge in [0.1, 0.15) is 17.5 Å². The van der Waals surface area contributed by atoms with Gasteiger partial charge >= 0.3 is 0 Å². The molecule has 5 nitrogen and oxygen atoms in total. The molecule has 0 unspecified atom stereocenters. The van der Waals surface area contributed by atoms with Crippen LogP contribution in [0.4, 0.5) is 10.9 Å². The molecule has 0 aliphatic rings. The average molecular weight is 313 g/mol. The van der Waals surface area contributed by atoms with Gasteiger partial charge in [0.2, 0.25) is 0 Å². The van der Waals surface area contributed by atoms with Crippen LogP contribution < -0.4 is 11.5 Å². The summed E-state index contributed by atoms with van der Waals surface area (Å²) < 4.78 is 0. The van der Waals surface area contributed by atoms with Crippen molar-refractivity contribution in [1.29, 1.82) is 5.26 Å². The number of nitrogens with two attached hydrogens (primary N) is 2. The fourth-order valence-electron chi connectivity index (χ4n) is 2.10. The van der Waals surface area contributed by atoms with Crippen LogP contribution in [0.25, 0.3) is 21.7 Å². The Bertz CT molecular complexity index is 843. The molecule has 0 bridgehead atoms. The summed E-state index contributed by atoms with van der Waals surface area (Å²) >= 11 is 2.93. The monoisotopic (exact) mass is 313 g/mol. The highest BCUT2D eigenvalue weighted by molar-refractivity contribution is 7.18. The van der Waals surface area contributed by atoms with Gasteiger partial charge in [0.25, 0.3) is 0 Å². The second-order valence-corrected chi connectivity index (χ2v) is 6.22. The summed E-state index contributed by atoms with van der Waals surface area (Å²) in [6, 6.07) is 5.96. The molecule has 0 spiro atoms. The van der Waals surface area contributed by atoms with E-state index in [1.165, 1.54) is 11.3 Å². The first-order chi connectivity index (χ1) is 10.1. The van der Waals surface area contributed by atoms with E-state index in [-0.39, 0.29) is 5.82 Å². The second-order valence-electron chi connectivity index (χ2n) is 4.41. The van der Waals surface area contributed by atoms with E-state index in [0.717, 1.165) is 21.7 Å². The molecule has 4 N–H and O–H groups in total. The summed E-state index contributed by atoms with van der Waals surface area (Å²) in [5.74, 6) is 0.225. The molecule has 0 radical (unpaired) electrons. The minimum Gasteiger partial charge on any atom is -0.383 e. The molecule has 3 rings (SSSR count). The lowest BCUT2D eigenvalue weighted by atomic mass is 10.0. The molecule has 0 amide bonds. The van der Waals surface area contributed by atoms with Crippen LogP contribution in [0.15, 0.2) is 22.9 Å². The summed E-state index contributed by atoms with van der Waals surface area (Å²) in [5, 5.41) is 13.8. The zero-order valence-corrected chi connectivity index (χ0v) is 12.8. The van der Waals surface area contributed by atoms with E-state index in [2.05, 4.69) is 16.0 Å². The molecule has 0 aliphatic heterocycles. The lowest BCUT2D eigenvalue weighted by Gasteiger charge is -2.08. The van der Waals surface area contributed by atoms with Gasteiger partial charge in [-0.1, -0.05) is 11.3 Å². The zero-order valence-electron chi connectivity index (χ0n) is 11.1. The van der Waals surface area contributed by atoms with E-state index in [0.29, 0.717) is 16.4 Å². The number of hydrogen-bond donors (Lipinski definition) is 2. The smallest absolute Gasteiger partial charge is 0.180 e. The van der Waals surface area contributed by atoms with Crippen molar-refractivity contribution in [3.05, 3.63) is 34.2 Å². The van der Waals surface area contributed by atoms with E-state index in [1.54, 1.807) is 11.3 Å². The number of thiophene rings is 1. The number of nitrogens with zero attached hydrogens (tertiary/aromatic N) is 3. The number of aromatic nitrogens is 2. The number of anilines is 2. The molecular weight excluding hydrogens is 302 g/mol. The van der Waals surface area contributed by atoms with E-state index in [4.69, 9.17) is 11.5 Å². The van der Waals surface area contributed by atoms with Gasteiger partial charge in [0, 0.05) is 5.56 Å². The first-order valence-electron chi connectivity index (χ1n) is 6.06. The van der Waals surface area contributed by atoms with Gasteiger partial charge in [-0.15, -0.1) is 0 Å². The van der Waals surface area contributed by atoms with E-state index in [9.17, 15) is 5.26 Å². The second kappa shape index (κ2) is 5.16. The molecule has 0 saturated carbocycles. The summed E-state index contributed by atoms with van der Waals surface area (Å²) in [4.78, 5) is 9.41. The van der Waals surface area contributed by atoms with Crippen molar-refractivity contribution >= 4 is 33.6 Å². The number of thiazole rings is 1. The van der Waals surface area contributed by atoms with Gasteiger partial charge in [-0.25, -0.2) is 9.97 Å². The van der Waals surface area contributed by atoms with Crippen molar-refractivity contribution in [2.75, 3.05) is 11.5 Å². The minimum absolute atomic E-state index is 0.225. The SMILES string of the molecule is Cc1nc(N)sc1-c1cc(-c2ccsc2)c(C#N)c(N)n1. The molecular formula is C14H11N5S2. The van der Waals surface area contributed by atoms with Crippen LogP contribution in [0.5, 0.6) is 0 Å². The number of aryl methyl sites for hydroxylation is 1. The Balaban J connectivity index is 2.26. The molecule has 0 saturated heterocycles. The van der Waals surface area contributed by atoms with Crippen molar-refractivity contribution in [3.8, 4) is 27.8 Å². The predicted octanol–water partition coefficient (Wildman–Crippen LogP) is 3.28. The topological polar surface area (TPSA) is 102 Å². The third kappa shape index (κ3) is 2.35. The lowest BCUT2D eigenvalue weighted by molar-refractivity contribution is 1.25. The lowest BCUT2D eigenvalue weighted by Crippen LogP contribution is -1.99. The first kappa shape index (κ1) is 13.5. The Kier molecular flexibility index (Phi) is 3.33. The van der Waals surface area contributed by atoms with E-state index < -0.39 is 0 Å². The molecule has 104 valence electrons. The molecule has 3 heterocycles. The quantitative estimate of drug-likeness (QED) is 0.756. The summed E-state index contributed by atoms with van der Waals surface area (Å²) in [6.07, 6.45) is 0. The summed E-state index contributed by atoms with van der Waals surface area (Å²) in [6.45, 7) is 1.88. The van der Waals surface area contributed by atoms with Gasteiger partial charge in [-0.2, -0.15) is 16.6 Å². The highest BCUT2D eigenvalue weighted by Gasteiger charge is 2.16. The number of hydrogen-bond acceptors (Lipinski definition) is 7. The van der Waals surface area contributed by atoms with E-state index >= 15 is 0 Å². The highest BCUT2D eigenvalue weighted by Crippen LogP contribution is 2.36.